The summed E-state index contributed by atoms with van der Waals surface area (Å²) in [5.74, 6) is 1.36. The molecule has 1 rings (SSSR count). The SMILES string of the molecule is CC(C)CC1CCN(C(=O)C(C)(C)O)CC1. The van der Waals surface area contributed by atoms with E-state index in [2.05, 4.69) is 13.8 Å². The third kappa shape index (κ3) is 3.78. The van der Waals surface area contributed by atoms with Gasteiger partial charge in [-0.1, -0.05) is 13.8 Å². The third-order valence-electron chi connectivity index (χ3n) is 3.23. The fourth-order valence-corrected chi connectivity index (χ4v) is 2.43. The number of piperidine rings is 1. The summed E-state index contributed by atoms with van der Waals surface area (Å²) in [5, 5.41) is 9.66. The van der Waals surface area contributed by atoms with Crippen LogP contribution in [0.1, 0.15) is 47.0 Å². The number of nitrogens with zero attached hydrogens (tertiary/aromatic N) is 1. The van der Waals surface area contributed by atoms with Gasteiger partial charge in [-0.15, -0.1) is 0 Å². The molecule has 1 heterocycles. The summed E-state index contributed by atoms with van der Waals surface area (Å²) in [6, 6.07) is 0. The van der Waals surface area contributed by atoms with Crippen LogP contribution in [0.3, 0.4) is 0 Å². The topological polar surface area (TPSA) is 40.5 Å². The standard InChI is InChI=1S/C13H25NO2/c1-10(2)9-11-5-7-14(8-6-11)12(15)13(3,4)16/h10-11,16H,5-9H2,1-4H3. The Bertz CT molecular complexity index is 235. The second kappa shape index (κ2) is 5.17. The molecule has 0 atom stereocenters. The second-order valence-corrected chi connectivity index (χ2v) is 5.92. The van der Waals surface area contributed by atoms with Gasteiger partial charge in [-0.3, -0.25) is 4.79 Å². The van der Waals surface area contributed by atoms with Crippen LogP contribution in [-0.2, 0) is 4.79 Å². The maximum absolute atomic E-state index is 11.8. The Labute approximate surface area is 98.8 Å². The van der Waals surface area contributed by atoms with Crippen LogP contribution in [-0.4, -0.2) is 34.6 Å². The van der Waals surface area contributed by atoms with Crippen molar-refractivity contribution >= 4 is 5.91 Å². The summed E-state index contributed by atoms with van der Waals surface area (Å²) in [6.45, 7) is 9.23. The number of amides is 1. The van der Waals surface area contributed by atoms with Crippen LogP contribution >= 0.6 is 0 Å². The summed E-state index contributed by atoms with van der Waals surface area (Å²) in [4.78, 5) is 13.6. The average Bonchev–Trinajstić information content (AvgIpc) is 2.15. The van der Waals surface area contributed by atoms with Crippen LogP contribution in [0.4, 0.5) is 0 Å². The lowest BCUT2D eigenvalue weighted by atomic mass is 9.88. The molecule has 1 amide bonds. The molecule has 0 unspecified atom stereocenters. The summed E-state index contributed by atoms with van der Waals surface area (Å²) in [5.41, 5.74) is -1.22. The molecule has 1 aliphatic rings. The van der Waals surface area contributed by atoms with E-state index in [0.717, 1.165) is 37.8 Å². The first-order valence-electron chi connectivity index (χ1n) is 6.32. The first kappa shape index (κ1) is 13.5. The molecular formula is C13H25NO2. The van der Waals surface area contributed by atoms with Gasteiger partial charge >= 0.3 is 0 Å². The van der Waals surface area contributed by atoms with Gasteiger partial charge in [0.15, 0.2) is 0 Å². The molecule has 3 heteroatoms. The predicted molar refractivity (Wildman–Crippen MR) is 65.1 cm³/mol. The van der Waals surface area contributed by atoms with Gasteiger partial charge in [-0.2, -0.15) is 0 Å². The number of hydrogen-bond donors (Lipinski definition) is 1. The van der Waals surface area contributed by atoms with Crippen LogP contribution in [0.2, 0.25) is 0 Å². The van der Waals surface area contributed by atoms with E-state index in [0.29, 0.717) is 0 Å². The first-order valence-corrected chi connectivity index (χ1v) is 6.32. The molecule has 1 aliphatic heterocycles. The van der Waals surface area contributed by atoms with E-state index in [1.165, 1.54) is 6.42 Å². The smallest absolute Gasteiger partial charge is 0.253 e. The molecule has 0 aromatic rings. The fraction of sp³-hybridized carbons (Fsp3) is 0.923. The normalized spacial score (nSPS) is 19.2. The Morgan fingerprint density at radius 1 is 1.38 bits per heavy atom. The molecule has 0 radical (unpaired) electrons. The lowest BCUT2D eigenvalue weighted by Gasteiger charge is -2.35. The molecule has 3 nitrogen and oxygen atoms in total. The van der Waals surface area contributed by atoms with Gasteiger partial charge < -0.3 is 10.0 Å². The lowest BCUT2D eigenvalue weighted by Crippen LogP contribution is -2.48. The average molecular weight is 227 g/mol. The molecule has 1 N–H and O–H groups in total. The summed E-state index contributed by atoms with van der Waals surface area (Å²) >= 11 is 0. The highest BCUT2D eigenvalue weighted by Gasteiger charge is 2.31. The molecule has 16 heavy (non-hydrogen) atoms. The predicted octanol–water partition coefficient (Wildman–Crippen LogP) is 2.04. The van der Waals surface area contributed by atoms with Gasteiger partial charge in [-0.05, 0) is 44.9 Å². The van der Waals surface area contributed by atoms with Crippen molar-refractivity contribution in [3.8, 4) is 0 Å². The minimum atomic E-state index is -1.22. The molecule has 0 spiro atoms. The van der Waals surface area contributed by atoms with Crippen molar-refractivity contribution in [1.29, 1.82) is 0 Å². The van der Waals surface area contributed by atoms with Crippen LogP contribution in [0.15, 0.2) is 0 Å². The number of carbonyl (C=O) groups is 1. The number of aliphatic hydroxyl groups is 1. The highest BCUT2D eigenvalue weighted by molar-refractivity contribution is 5.84. The quantitative estimate of drug-likeness (QED) is 0.801. The molecule has 1 fully saturated rings. The van der Waals surface area contributed by atoms with Crippen molar-refractivity contribution in [3.05, 3.63) is 0 Å². The van der Waals surface area contributed by atoms with E-state index in [4.69, 9.17) is 0 Å². The Balaban J connectivity index is 2.40. The van der Waals surface area contributed by atoms with Crippen molar-refractivity contribution in [2.75, 3.05) is 13.1 Å². The maximum Gasteiger partial charge on any atom is 0.253 e. The molecule has 0 aromatic heterocycles. The first-order chi connectivity index (χ1) is 7.30. The van der Waals surface area contributed by atoms with E-state index < -0.39 is 5.60 Å². The summed E-state index contributed by atoms with van der Waals surface area (Å²) < 4.78 is 0. The summed E-state index contributed by atoms with van der Waals surface area (Å²) in [6.07, 6.45) is 3.42. The maximum atomic E-state index is 11.8. The van der Waals surface area contributed by atoms with Crippen molar-refractivity contribution in [3.63, 3.8) is 0 Å². The largest absolute Gasteiger partial charge is 0.381 e. The molecule has 0 aromatic carbocycles. The number of carbonyl (C=O) groups excluding carboxylic acids is 1. The van der Waals surface area contributed by atoms with E-state index in [9.17, 15) is 9.90 Å². The monoisotopic (exact) mass is 227 g/mol. The summed E-state index contributed by atoms with van der Waals surface area (Å²) in [7, 11) is 0. The minimum absolute atomic E-state index is 0.129. The van der Waals surface area contributed by atoms with Gasteiger partial charge in [0.05, 0.1) is 0 Å². The van der Waals surface area contributed by atoms with Crippen LogP contribution in [0.5, 0.6) is 0 Å². The number of likely N-dealkylation sites (tertiary alicyclic amines) is 1. The van der Waals surface area contributed by atoms with Crippen molar-refractivity contribution in [2.24, 2.45) is 11.8 Å². The van der Waals surface area contributed by atoms with Gasteiger partial charge in [0.25, 0.3) is 5.91 Å². The minimum Gasteiger partial charge on any atom is -0.381 e. The van der Waals surface area contributed by atoms with E-state index in [1.54, 1.807) is 18.7 Å². The Morgan fingerprint density at radius 3 is 2.25 bits per heavy atom. The van der Waals surface area contributed by atoms with Crippen LogP contribution in [0.25, 0.3) is 0 Å². The lowest BCUT2D eigenvalue weighted by molar-refractivity contribution is -0.149. The third-order valence-corrected chi connectivity index (χ3v) is 3.23. The molecule has 0 saturated carbocycles. The highest BCUT2D eigenvalue weighted by Crippen LogP contribution is 2.25. The fourth-order valence-electron chi connectivity index (χ4n) is 2.43. The van der Waals surface area contributed by atoms with Crippen LogP contribution in [0, 0.1) is 11.8 Å². The zero-order valence-electron chi connectivity index (χ0n) is 11.0. The molecule has 0 bridgehead atoms. The molecule has 94 valence electrons. The van der Waals surface area contributed by atoms with Crippen molar-refractivity contribution in [2.45, 2.75) is 52.6 Å². The van der Waals surface area contributed by atoms with Crippen molar-refractivity contribution in [1.82, 2.24) is 4.90 Å². The highest BCUT2D eigenvalue weighted by atomic mass is 16.3. The van der Waals surface area contributed by atoms with Gasteiger partial charge in [0.1, 0.15) is 5.60 Å². The van der Waals surface area contributed by atoms with Gasteiger partial charge in [-0.25, -0.2) is 0 Å². The molecule has 1 saturated heterocycles. The van der Waals surface area contributed by atoms with E-state index in [1.807, 2.05) is 0 Å². The van der Waals surface area contributed by atoms with Crippen molar-refractivity contribution < 1.29 is 9.90 Å². The van der Waals surface area contributed by atoms with E-state index >= 15 is 0 Å². The van der Waals surface area contributed by atoms with Gasteiger partial charge in [0.2, 0.25) is 0 Å². The zero-order chi connectivity index (χ0) is 12.3. The number of hydrogen-bond acceptors (Lipinski definition) is 2. The van der Waals surface area contributed by atoms with Gasteiger partial charge in [0, 0.05) is 13.1 Å². The molecule has 0 aliphatic carbocycles. The van der Waals surface area contributed by atoms with E-state index in [-0.39, 0.29) is 5.91 Å². The zero-order valence-corrected chi connectivity index (χ0v) is 11.0. The Kier molecular flexibility index (Phi) is 4.36. The molecular weight excluding hydrogens is 202 g/mol. The van der Waals surface area contributed by atoms with Crippen LogP contribution < -0.4 is 0 Å². The number of rotatable bonds is 3. The Morgan fingerprint density at radius 2 is 1.88 bits per heavy atom. The Hall–Kier alpha value is -0.570. The second-order valence-electron chi connectivity index (χ2n) is 5.92.